The van der Waals surface area contributed by atoms with Crippen LogP contribution in [-0.4, -0.2) is 37.7 Å². The van der Waals surface area contributed by atoms with Crippen molar-refractivity contribution in [3.8, 4) is 0 Å². The van der Waals surface area contributed by atoms with Gasteiger partial charge in [-0.3, -0.25) is 4.90 Å². The average molecular weight is 268 g/mol. The van der Waals surface area contributed by atoms with Gasteiger partial charge in [0.2, 0.25) is 0 Å². The van der Waals surface area contributed by atoms with Gasteiger partial charge in [-0.25, -0.2) is 0 Å². The minimum absolute atomic E-state index is 0.796. The first-order chi connectivity index (χ1) is 8.81. The van der Waals surface area contributed by atoms with Crippen molar-refractivity contribution in [1.82, 2.24) is 10.2 Å². The molecule has 0 atom stereocenters. The van der Waals surface area contributed by atoms with Crippen LogP contribution in [0.4, 0.5) is 0 Å². The van der Waals surface area contributed by atoms with Crippen LogP contribution < -0.4 is 5.32 Å². The summed E-state index contributed by atoms with van der Waals surface area (Å²) in [6, 6.07) is 5.33. The number of hydrogen-bond acceptors (Lipinski definition) is 4. The van der Waals surface area contributed by atoms with E-state index < -0.39 is 0 Å². The molecule has 1 aromatic rings. The van der Waals surface area contributed by atoms with Gasteiger partial charge in [0.25, 0.3) is 0 Å². The number of nitrogens with zero attached hydrogens (tertiary/aromatic N) is 1. The summed E-state index contributed by atoms with van der Waals surface area (Å²) in [5.74, 6) is 0. The molecule has 1 saturated carbocycles. The van der Waals surface area contributed by atoms with Gasteiger partial charge in [0.05, 0.1) is 6.61 Å². The van der Waals surface area contributed by atoms with Gasteiger partial charge in [-0.15, -0.1) is 11.3 Å². The highest BCUT2D eigenvalue weighted by Crippen LogP contribution is 2.22. The normalized spacial score (nSPS) is 15.5. The molecule has 4 heteroatoms. The van der Waals surface area contributed by atoms with E-state index in [-0.39, 0.29) is 0 Å². The highest BCUT2D eigenvalue weighted by molar-refractivity contribution is 7.11. The Hall–Kier alpha value is -0.420. The quantitative estimate of drug-likeness (QED) is 0.744. The number of methoxy groups -OCH3 is 1. The van der Waals surface area contributed by atoms with Gasteiger partial charge in [0.1, 0.15) is 0 Å². The smallest absolute Gasteiger partial charge is 0.0589 e. The van der Waals surface area contributed by atoms with E-state index in [1.165, 1.54) is 22.6 Å². The fourth-order valence-electron chi connectivity index (χ4n) is 1.92. The van der Waals surface area contributed by atoms with Crippen LogP contribution >= 0.6 is 11.3 Å². The largest absolute Gasteiger partial charge is 0.383 e. The lowest BCUT2D eigenvalue weighted by atomic mass is 10.4. The third-order valence-corrected chi connectivity index (χ3v) is 4.37. The Morgan fingerprint density at radius 1 is 1.39 bits per heavy atom. The molecule has 1 heterocycles. The number of nitrogens with one attached hydrogen (secondary N) is 1. The van der Waals surface area contributed by atoms with Crippen LogP contribution in [0.15, 0.2) is 12.1 Å². The summed E-state index contributed by atoms with van der Waals surface area (Å²) in [4.78, 5) is 5.34. The van der Waals surface area contributed by atoms with E-state index >= 15 is 0 Å². The zero-order chi connectivity index (χ0) is 12.8. The van der Waals surface area contributed by atoms with Crippen molar-refractivity contribution < 1.29 is 4.74 Å². The zero-order valence-corrected chi connectivity index (χ0v) is 12.3. The molecule has 2 rings (SSSR count). The molecule has 1 aliphatic rings. The van der Waals surface area contributed by atoms with Crippen molar-refractivity contribution in [2.45, 2.75) is 38.9 Å². The summed E-state index contributed by atoms with van der Waals surface area (Å²) in [6.45, 7) is 7.21. The minimum atomic E-state index is 0.796. The lowest BCUT2D eigenvalue weighted by Crippen LogP contribution is -2.26. The maximum Gasteiger partial charge on any atom is 0.0589 e. The number of hydrogen-bond donors (Lipinski definition) is 1. The van der Waals surface area contributed by atoms with Crippen molar-refractivity contribution in [2.75, 3.05) is 26.8 Å². The average Bonchev–Trinajstić information content (AvgIpc) is 3.12. The van der Waals surface area contributed by atoms with Crippen molar-refractivity contribution in [1.29, 1.82) is 0 Å². The molecule has 0 radical (unpaired) electrons. The Labute approximate surface area is 114 Å². The molecule has 102 valence electrons. The third kappa shape index (κ3) is 4.69. The van der Waals surface area contributed by atoms with E-state index in [4.69, 9.17) is 4.74 Å². The molecule has 1 aromatic heterocycles. The lowest BCUT2D eigenvalue weighted by molar-refractivity contribution is 0.148. The summed E-state index contributed by atoms with van der Waals surface area (Å²) in [5, 5.41) is 3.56. The molecule has 0 aromatic carbocycles. The maximum atomic E-state index is 5.14. The van der Waals surface area contributed by atoms with Crippen molar-refractivity contribution in [2.24, 2.45) is 0 Å². The van der Waals surface area contributed by atoms with Gasteiger partial charge in [0.15, 0.2) is 0 Å². The molecule has 0 unspecified atom stereocenters. The Morgan fingerprint density at radius 2 is 2.17 bits per heavy atom. The first-order valence-corrected chi connectivity index (χ1v) is 7.65. The van der Waals surface area contributed by atoms with Crippen LogP contribution in [0, 0.1) is 0 Å². The van der Waals surface area contributed by atoms with Crippen LogP contribution in [0.2, 0.25) is 0 Å². The van der Waals surface area contributed by atoms with Crippen LogP contribution in [0.5, 0.6) is 0 Å². The van der Waals surface area contributed by atoms with Crippen LogP contribution in [-0.2, 0) is 17.8 Å². The highest BCUT2D eigenvalue weighted by atomic mass is 32.1. The molecule has 1 fully saturated rings. The topological polar surface area (TPSA) is 24.5 Å². The van der Waals surface area contributed by atoms with Gasteiger partial charge in [0, 0.05) is 42.5 Å². The fourth-order valence-corrected chi connectivity index (χ4v) is 2.94. The van der Waals surface area contributed by atoms with Crippen molar-refractivity contribution in [3.05, 3.63) is 21.9 Å². The Bertz CT molecular complexity index is 349. The minimum Gasteiger partial charge on any atom is -0.383 e. The molecule has 1 aliphatic carbocycles. The summed E-state index contributed by atoms with van der Waals surface area (Å²) in [5.41, 5.74) is 0. The highest BCUT2D eigenvalue weighted by Gasteiger charge is 2.20. The van der Waals surface area contributed by atoms with E-state index in [2.05, 4.69) is 29.3 Å². The number of rotatable bonds is 9. The number of likely N-dealkylation sites (N-methyl/N-ethyl adjacent to an activating group) is 1. The molecule has 3 nitrogen and oxygen atoms in total. The molecule has 0 bridgehead atoms. The zero-order valence-electron chi connectivity index (χ0n) is 11.4. The molecule has 0 aliphatic heterocycles. The number of thiophene rings is 1. The molecule has 0 amide bonds. The van der Waals surface area contributed by atoms with E-state index in [1.807, 2.05) is 11.3 Å². The first-order valence-electron chi connectivity index (χ1n) is 6.84. The number of ether oxygens (including phenoxy) is 1. The molecular formula is C14H24N2OS. The molecule has 0 spiro atoms. The van der Waals surface area contributed by atoms with Gasteiger partial charge in [-0.05, 0) is 31.5 Å². The van der Waals surface area contributed by atoms with Gasteiger partial charge in [-0.1, -0.05) is 6.92 Å². The summed E-state index contributed by atoms with van der Waals surface area (Å²) in [7, 11) is 1.76. The molecular weight excluding hydrogens is 244 g/mol. The monoisotopic (exact) mass is 268 g/mol. The van der Waals surface area contributed by atoms with Gasteiger partial charge < -0.3 is 10.1 Å². The first kappa shape index (κ1) is 14.0. The lowest BCUT2D eigenvalue weighted by Gasteiger charge is -2.18. The SMILES string of the molecule is CCN(CCOC)Cc1ccc(CNC2CC2)s1. The fraction of sp³-hybridized carbons (Fsp3) is 0.714. The van der Waals surface area contributed by atoms with Crippen molar-refractivity contribution >= 4 is 11.3 Å². The van der Waals surface area contributed by atoms with E-state index in [0.717, 1.165) is 38.8 Å². The Balaban J connectivity index is 1.76. The predicted molar refractivity (Wildman–Crippen MR) is 77.0 cm³/mol. The summed E-state index contributed by atoms with van der Waals surface area (Å²) < 4.78 is 5.14. The Kier molecular flexibility index (Phi) is 5.63. The van der Waals surface area contributed by atoms with Crippen LogP contribution in [0.1, 0.15) is 29.5 Å². The maximum absolute atomic E-state index is 5.14. The molecule has 0 saturated heterocycles. The molecule has 18 heavy (non-hydrogen) atoms. The van der Waals surface area contributed by atoms with E-state index in [9.17, 15) is 0 Å². The summed E-state index contributed by atoms with van der Waals surface area (Å²) in [6.07, 6.45) is 2.72. The second-order valence-electron chi connectivity index (χ2n) is 4.88. The predicted octanol–water partition coefficient (Wildman–Crippen LogP) is 2.47. The van der Waals surface area contributed by atoms with E-state index in [0.29, 0.717) is 0 Å². The molecule has 1 N–H and O–H groups in total. The summed E-state index contributed by atoms with van der Waals surface area (Å²) >= 11 is 1.93. The third-order valence-electron chi connectivity index (χ3n) is 3.30. The van der Waals surface area contributed by atoms with Crippen LogP contribution in [0.3, 0.4) is 0 Å². The Morgan fingerprint density at radius 3 is 2.83 bits per heavy atom. The van der Waals surface area contributed by atoms with Gasteiger partial charge in [-0.2, -0.15) is 0 Å². The van der Waals surface area contributed by atoms with Crippen molar-refractivity contribution in [3.63, 3.8) is 0 Å². The van der Waals surface area contributed by atoms with Crippen LogP contribution in [0.25, 0.3) is 0 Å². The second kappa shape index (κ2) is 7.24. The van der Waals surface area contributed by atoms with Gasteiger partial charge >= 0.3 is 0 Å². The van der Waals surface area contributed by atoms with E-state index in [1.54, 1.807) is 7.11 Å². The second-order valence-corrected chi connectivity index (χ2v) is 6.14. The standard InChI is InChI=1S/C14H24N2OS/c1-3-16(8-9-17-2)11-14-7-6-13(18-14)10-15-12-4-5-12/h6-7,12,15H,3-5,8-11H2,1-2H3.